The van der Waals surface area contributed by atoms with Gasteiger partial charge >= 0.3 is 0 Å². The lowest BCUT2D eigenvalue weighted by molar-refractivity contribution is -0.106. The maximum absolute atomic E-state index is 8.81. The molecule has 0 saturated heterocycles. The van der Waals surface area contributed by atoms with Gasteiger partial charge in [0.1, 0.15) is 6.29 Å². The van der Waals surface area contributed by atoms with Crippen LogP contribution in [0.5, 0.6) is 0 Å². The monoisotopic (exact) mass is 379 g/mol. The van der Waals surface area contributed by atoms with Crippen molar-refractivity contribution in [3.8, 4) is 11.3 Å². The van der Waals surface area contributed by atoms with E-state index in [9.17, 15) is 0 Å². The molecular formula is C26H37NO. The number of nitrogens with one attached hydrogen (secondary N) is 1. The topological polar surface area (TPSA) is 32.9 Å². The smallest absolute Gasteiger partial charge is 0.116 e. The fourth-order valence-electron chi connectivity index (χ4n) is 3.92. The van der Waals surface area contributed by atoms with Gasteiger partial charge in [-0.05, 0) is 107 Å². The molecule has 28 heavy (non-hydrogen) atoms. The molecule has 152 valence electrons. The minimum atomic E-state index is 0.750. The van der Waals surface area contributed by atoms with Crippen molar-refractivity contribution in [3.05, 3.63) is 56.6 Å². The molecule has 2 heteroatoms. The standard InChI is InChI=1S/C22H27N.C2H4O.C2H6/c1-11-9-10-12(2)21-19(11)18(8)22(23-21)20-16(6)14(4)13(3)15(5)17(20)7;1-2-3;1-2/h9-10,23H,1-8H3;2H,1H3;1-2H3. The van der Waals surface area contributed by atoms with Crippen molar-refractivity contribution in [2.24, 2.45) is 0 Å². The third kappa shape index (κ3) is 4.06. The van der Waals surface area contributed by atoms with E-state index < -0.39 is 0 Å². The molecule has 0 saturated carbocycles. The summed E-state index contributed by atoms with van der Waals surface area (Å²) in [7, 11) is 0. The zero-order valence-electron chi connectivity index (χ0n) is 19.6. The van der Waals surface area contributed by atoms with Crippen LogP contribution in [0.3, 0.4) is 0 Å². The second kappa shape index (κ2) is 9.73. The summed E-state index contributed by atoms with van der Waals surface area (Å²) in [5.41, 5.74) is 15.0. The van der Waals surface area contributed by atoms with Crippen molar-refractivity contribution in [2.75, 3.05) is 0 Å². The molecule has 0 aliphatic heterocycles. The summed E-state index contributed by atoms with van der Waals surface area (Å²) in [6.45, 7) is 23.3. The van der Waals surface area contributed by atoms with Gasteiger partial charge in [-0.25, -0.2) is 0 Å². The van der Waals surface area contributed by atoms with Crippen molar-refractivity contribution in [3.63, 3.8) is 0 Å². The number of aryl methyl sites for hydroxylation is 3. The molecule has 0 fully saturated rings. The predicted molar refractivity (Wildman–Crippen MR) is 125 cm³/mol. The molecule has 3 rings (SSSR count). The van der Waals surface area contributed by atoms with E-state index in [1.807, 2.05) is 13.8 Å². The van der Waals surface area contributed by atoms with Gasteiger partial charge in [-0.2, -0.15) is 0 Å². The Morgan fingerprint density at radius 1 is 0.679 bits per heavy atom. The lowest BCUT2D eigenvalue weighted by Crippen LogP contribution is -2.00. The van der Waals surface area contributed by atoms with Gasteiger partial charge in [0.15, 0.2) is 0 Å². The summed E-state index contributed by atoms with van der Waals surface area (Å²) < 4.78 is 0. The van der Waals surface area contributed by atoms with E-state index in [4.69, 9.17) is 4.79 Å². The van der Waals surface area contributed by atoms with E-state index in [-0.39, 0.29) is 0 Å². The van der Waals surface area contributed by atoms with Gasteiger partial charge in [0.2, 0.25) is 0 Å². The Bertz CT molecular complexity index is 961. The van der Waals surface area contributed by atoms with Crippen molar-refractivity contribution in [1.29, 1.82) is 0 Å². The van der Waals surface area contributed by atoms with Gasteiger partial charge in [-0.15, -0.1) is 0 Å². The first-order valence-corrected chi connectivity index (χ1v) is 10.2. The Morgan fingerprint density at radius 3 is 1.50 bits per heavy atom. The van der Waals surface area contributed by atoms with E-state index in [1.54, 1.807) is 0 Å². The molecule has 1 N–H and O–H groups in total. The van der Waals surface area contributed by atoms with Gasteiger partial charge in [0.25, 0.3) is 0 Å². The van der Waals surface area contributed by atoms with E-state index in [2.05, 4.69) is 72.5 Å². The van der Waals surface area contributed by atoms with Gasteiger partial charge in [-0.1, -0.05) is 26.0 Å². The molecule has 2 aromatic carbocycles. The minimum absolute atomic E-state index is 0.750. The van der Waals surface area contributed by atoms with Crippen LogP contribution >= 0.6 is 0 Å². The number of fused-ring (bicyclic) bond motifs is 1. The SMILES string of the molecule is CC.CC=O.Cc1c(C)c(C)c(-c2[nH]c3c(C)ccc(C)c3c2C)c(C)c1C. The number of carbonyl (C=O) groups is 1. The molecule has 0 amide bonds. The number of carbonyl (C=O) groups excluding carboxylic acids is 1. The number of aldehydes is 1. The number of rotatable bonds is 1. The van der Waals surface area contributed by atoms with Crippen molar-refractivity contribution >= 4 is 17.2 Å². The summed E-state index contributed by atoms with van der Waals surface area (Å²) in [6, 6.07) is 4.44. The van der Waals surface area contributed by atoms with E-state index in [1.165, 1.54) is 73.6 Å². The Hall–Kier alpha value is -2.35. The van der Waals surface area contributed by atoms with E-state index in [0.29, 0.717) is 0 Å². The van der Waals surface area contributed by atoms with E-state index >= 15 is 0 Å². The number of H-pyrrole nitrogens is 1. The molecule has 3 aromatic rings. The lowest BCUT2D eigenvalue weighted by atomic mass is 9.87. The Morgan fingerprint density at radius 2 is 1.07 bits per heavy atom. The maximum atomic E-state index is 8.81. The van der Waals surface area contributed by atoms with Crippen LogP contribution in [0.1, 0.15) is 65.3 Å². The van der Waals surface area contributed by atoms with E-state index in [0.717, 1.165) is 6.29 Å². The number of hydrogen-bond donors (Lipinski definition) is 1. The van der Waals surface area contributed by atoms with Crippen molar-refractivity contribution in [1.82, 2.24) is 4.98 Å². The predicted octanol–water partition coefficient (Wildman–Crippen LogP) is 7.53. The first-order valence-electron chi connectivity index (χ1n) is 10.2. The number of aromatic amines is 1. The average molecular weight is 380 g/mol. The number of benzene rings is 2. The zero-order valence-corrected chi connectivity index (χ0v) is 19.6. The van der Waals surface area contributed by atoms with Gasteiger partial charge in [0.05, 0.1) is 0 Å². The fraction of sp³-hybridized carbons (Fsp3) is 0.423. The summed E-state index contributed by atoms with van der Waals surface area (Å²) >= 11 is 0. The van der Waals surface area contributed by atoms with Crippen LogP contribution in [-0.2, 0) is 4.79 Å². The first kappa shape index (κ1) is 23.7. The molecule has 0 atom stereocenters. The quantitative estimate of drug-likeness (QED) is 0.435. The van der Waals surface area contributed by atoms with Crippen LogP contribution in [0, 0.1) is 55.4 Å². The molecule has 2 nitrogen and oxygen atoms in total. The zero-order chi connectivity index (χ0) is 21.8. The first-order chi connectivity index (χ1) is 13.2. The number of aromatic nitrogens is 1. The maximum Gasteiger partial charge on any atom is 0.116 e. The molecule has 1 heterocycles. The molecule has 0 spiro atoms. The van der Waals surface area contributed by atoms with Crippen LogP contribution in [0.4, 0.5) is 0 Å². The van der Waals surface area contributed by atoms with Crippen molar-refractivity contribution in [2.45, 2.75) is 76.2 Å². The Balaban J connectivity index is 0.000000717. The van der Waals surface area contributed by atoms with Crippen LogP contribution in [-0.4, -0.2) is 11.3 Å². The molecular weight excluding hydrogens is 342 g/mol. The Labute approximate surface area is 171 Å². The Kier molecular flexibility index (Phi) is 8.23. The second-order valence-electron chi connectivity index (χ2n) is 7.31. The molecule has 0 unspecified atom stereocenters. The summed E-state index contributed by atoms with van der Waals surface area (Å²) in [5.74, 6) is 0. The largest absolute Gasteiger partial charge is 0.354 e. The van der Waals surface area contributed by atoms with Gasteiger partial charge in [-0.3, -0.25) is 0 Å². The summed E-state index contributed by atoms with van der Waals surface area (Å²) in [4.78, 5) is 12.6. The third-order valence-corrected chi connectivity index (χ3v) is 5.87. The van der Waals surface area contributed by atoms with Crippen LogP contribution < -0.4 is 0 Å². The highest BCUT2D eigenvalue weighted by atomic mass is 16.1. The van der Waals surface area contributed by atoms with Crippen LogP contribution in [0.2, 0.25) is 0 Å². The van der Waals surface area contributed by atoms with Gasteiger partial charge < -0.3 is 9.78 Å². The summed E-state index contributed by atoms with van der Waals surface area (Å²) in [6.07, 6.45) is 0.750. The molecule has 0 aliphatic rings. The molecule has 0 radical (unpaired) electrons. The lowest BCUT2D eigenvalue weighted by Gasteiger charge is -2.18. The molecule has 0 aliphatic carbocycles. The average Bonchev–Trinajstić information content (AvgIpc) is 3.02. The minimum Gasteiger partial charge on any atom is -0.354 e. The van der Waals surface area contributed by atoms with Gasteiger partial charge in [0, 0.05) is 22.2 Å². The number of hydrogen-bond acceptors (Lipinski definition) is 1. The van der Waals surface area contributed by atoms with Crippen molar-refractivity contribution < 1.29 is 4.79 Å². The van der Waals surface area contributed by atoms with Crippen LogP contribution in [0.25, 0.3) is 22.2 Å². The van der Waals surface area contributed by atoms with Crippen LogP contribution in [0.15, 0.2) is 12.1 Å². The fourth-order valence-corrected chi connectivity index (χ4v) is 3.92. The highest BCUT2D eigenvalue weighted by molar-refractivity contribution is 5.95. The second-order valence-corrected chi connectivity index (χ2v) is 7.31. The normalized spacial score (nSPS) is 10.1. The molecule has 0 bridgehead atoms. The third-order valence-electron chi connectivity index (χ3n) is 5.87. The summed E-state index contributed by atoms with van der Waals surface area (Å²) in [5, 5.41) is 1.38. The highest BCUT2D eigenvalue weighted by Gasteiger charge is 2.19. The highest BCUT2D eigenvalue weighted by Crippen LogP contribution is 2.39. The molecule has 1 aromatic heterocycles.